The Morgan fingerprint density at radius 2 is 2.05 bits per heavy atom. The van der Waals surface area contributed by atoms with Crippen molar-refractivity contribution in [1.29, 1.82) is 0 Å². The molecule has 0 bridgehead atoms. The molecule has 1 fully saturated rings. The van der Waals surface area contributed by atoms with Gasteiger partial charge in [-0.25, -0.2) is 8.78 Å². The lowest BCUT2D eigenvalue weighted by Gasteiger charge is -2.36. The van der Waals surface area contributed by atoms with Gasteiger partial charge in [-0.15, -0.1) is 0 Å². The van der Waals surface area contributed by atoms with Crippen molar-refractivity contribution in [2.45, 2.75) is 12.5 Å². The quantitative estimate of drug-likeness (QED) is 0.826. The summed E-state index contributed by atoms with van der Waals surface area (Å²) in [7, 11) is 3.86. The minimum atomic E-state index is -0.653. The normalized spacial score (nSPS) is 21.6. The third kappa shape index (κ3) is 3.36. The number of halogens is 2. The zero-order valence-electron chi connectivity index (χ0n) is 11.2. The summed E-state index contributed by atoms with van der Waals surface area (Å²) in [5.41, 5.74) is 0.257. The monoisotopic (exact) mass is 268 g/mol. The average Bonchev–Trinajstić information content (AvgIpc) is 2.35. The smallest absolute Gasteiger partial charge is 0.155 e. The van der Waals surface area contributed by atoms with Crippen molar-refractivity contribution < 1.29 is 13.6 Å². The van der Waals surface area contributed by atoms with Crippen molar-refractivity contribution in [3.8, 4) is 0 Å². The number of ketones is 1. The number of carbonyl (C=O) groups is 1. The fraction of sp³-hybridized carbons (Fsp3) is 0.500. The van der Waals surface area contributed by atoms with Crippen LogP contribution in [0.2, 0.25) is 0 Å². The highest BCUT2D eigenvalue weighted by Gasteiger charge is 2.28. The van der Waals surface area contributed by atoms with E-state index in [0.29, 0.717) is 6.54 Å². The second-order valence-corrected chi connectivity index (χ2v) is 5.14. The molecule has 1 atom stereocenters. The molecule has 104 valence electrons. The molecule has 1 heterocycles. The number of likely N-dealkylation sites (N-methyl/N-ethyl adjacent to an activating group) is 2. The van der Waals surface area contributed by atoms with Crippen molar-refractivity contribution >= 4 is 5.78 Å². The Kier molecular flexibility index (Phi) is 4.27. The van der Waals surface area contributed by atoms with Crippen LogP contribution in [0.3, 0.4) is 0 Å². The number of nitrogens with zero attached hydrogens (tertiary/aromatic N) is 2. The molecule has 0 amide bonds. The molecule has 5 heteroatoms. The molecule has 1 aliphatic heterocycles. The lowest BCUT2D eigenvalue weighted by molar-refractivity contribution is -0.125. The van der Waals surface area contributed by atoms with Gasteiger partial charge in [0.15, 0.2) is 5.78 Å². The fourth-order valence-electron chi connectivity index (χ4n) is 2.33. The molecule has 1 aliphatic rings. The van der Waals surface area contributed by atoms with Gasteiger partial charge in [-0.05, 0) is 25.7 Å². The van der Waals surface area contributed by atoms with E-state index in [4.69, 9.17) is 0 Å². The lowest BCUT2D eigenvalue weighted by atomic mass is 10.0. The Morgan fingerprint density at radius 1 is 1.32 bits per heavy atom. The van der Waals surface area contributed by atoms with Crippen LogP contribution in [-0.2, 0) is 11.2 Å². The summed E-state index contributed by atoms with van der Waals surface area (Å²) in [5.74, 6) is -1.30. The van der Waals surface area contributed by atoms with Crippen LogP contribution in [0.4, 0.5) is 8.78 Å². The van der Waals surface area contributed by atoms with Crippen molar-refractivity contribution in [1.82, 2.24) is 9.80 Å². The van der Waals surface area contributed by atoms with E-state index in [9.17, 15) is 13.6 Å². The zero-order chi connectivity index (χ0) is 14.0. The van der Waals surface area contributed by atoms with E-state index in [2.05, 4.69) is 4.90 Å². The molecule has 0 spiro atoms. The summed E-state index contributed by atoms with van der Waals surface area (Å²) in [6.45, 7) is 2.39. The van der Waals surface area contributed by atoms with Gasteiger partial charge in [-0.1, -0.05) is 6.07 Å². The minimum Gasteiger partial charge on any atom is -0.303 e. The van der Waals surface area contributed by atoms with E-state index in [-0.39, 0.29) is 23.8 Å². The third-order valence-corrected chi connectivity index (χ3v) is 3.60. The number of benzene rings is 1. The second kappa shape index (κ2) is 5.75. The molecular formula is C14H18F2N2O. The van der Waals surface area contributed by atoms with Gasteiger partial charge in [0, 0.05) is 32.1 Å². The molecule has 0 radical (unpaired) electrons. The predicted octanol–water partition coefficient (Wildman–Crippen LogP) is 1.32. The van der Waals surface area contributed by atoms with Gasteiger partial charge >= 0.3 is 0 Å². The van der Waals surface area contributed by atoms with Gasteiger partial charge in [0.25, 0.3) is 0 Å². The van der Waals surface area contributed by atoms with E-state index >= 15 is 0 Å². The first-order valence-electron chi connectivity index (χ1n) is 6.33. The summed E-state index contributed by atoms with van der Waals surface area (Å²) >= 11 is 0. The van der Waals surface area contributed by atoms with Gasteiger partial charge in [-0.2, -0.15) is 0 Å². The minimum absolute atomic E-state index is 0.00889. The standard InChI is InChI=1S/C14H18F2N2O/c1-17-5-6-18(2)13(9-17)14(19)7-10-3-4-11(15)8-12(10)16/h3-4,8,13H,5-7,9H2,1-2H3. The highest BCUT2D eigenvalue weighted by molar-refractivity contribution is 5.86. The van der Waals surface area contributed by atoms with Gasteiger partial charge in [0.1, 0.15) is 11.6 Å². The van der Waals surface area contributed by atoms with E-state index in [1.165, 1.54) is 12.1 Å². The van der Waals surface area contributed by atoms with Crippen molar-refractivity contribution in [2.24, 2.45) is 0 Å². The molecule has 1 aromatic rings. The first kappa shape index (κ1) is 14.1. The maximum Gasteiger partial charge on any atom is 0.155 e. The summed E-state index contributed by atoms with van der Waals surface area (Å²) in [6.07, 6.45) is 0.00889. The summed E-state index contributed by atoms with van der Waals surface area (Å²) in [4.78, 5) is 16.3. The summed E-state index contributed by atoms with van der Waals surface area (Å²) in [6, 6.07) is 3.12. The molecule has 0 aromatic heterocycles. The molecule has 19 heavy (non-hydrogen) atoms. The molecule has 0 N–H and O–H groups in total. The number of piperazine rings is 1. The zero-order valence-corrected chi connectivity index (χ0v) is 11.2. The molecule has 1 aromatic carbocycles. The van der Waals surface area contributed by atoms with Crippen LogP contribution in [-0.4, -0.2) is 55.4 Å². The Bertz CT molecular complexity index is 479. The first-order chi connectivity index (χ1) is 8.97. The molecule has 3 nitrogen and oxygen atoms in total. The predicted molar refractivity (Wildman–Crippen MR) is 69.0 cm³/mol. The van der Waals surface area contributed by atoms with Gasteiger partial charge in [0.05, 0.1) is 6.04 Å². The maximum absolute atomic E-state index is 13.5. The van der Waals surface area contributed by atoms with Crippen LogP contribution < -0.4 is 0 Å². The highest BCUT2D eigenvalue weighted by atomic mass is 19.1. The van der Waals surface area contributed by atoms with Crippen LogP contribution in [0.1, 0.15) is 5.56 Å². The Morgan fingerprint density at radius 3 is 2.74 bits per heavy atom. The van der Waals surface area contributed by atoms with E-state index in [1.807, 2.05) is 19.0 Å². The Hall–Kier alpha value is -1.33. The highest BCUT2D eigenvalue weighted by Crippen LogP contribution is 2.14. The second-order valence-electron chi connectivity index (χ2n) is 5.14. The molecule has 1 unspecified atom stereocenters. The van der Waals surface area contributed by atoms with E-state index in [0.717, 1.165) is 19.2 Å². The largest absolute Gasteiger partial charge is 0.303 e. The summed E-state index contributed by atoms with van der Waals surface area (Å²) < 4.78 is 26.3. The Balaban J connectivity index is 2.07. The molecule has 1 saturated heterocycles. The van der Waals surface area contributed by atoms with E-state index < -0.39 is 11.6 Å². The van der Waals surface area contributed by atoms with Crippen LogP contribution in [0.25, 0.3) is 0 Å². The number of carbonyl (C=O) groups excluding carboxylic acids is 1. The summed E-state index contributed by atoms with van der Waals surface area (Å²) in [5, 5.41) is 0. The molecule has 0 saturated carbocycles. The van der Waals surface area contributed by atoms with Crippen molar-refractivity contribution in [2.75, 3.05) is 33.7 Å². The SMILES string of the molecule is CN1CCN(C)C(C(=O)Cc2ccc(F)cc2F)C1. The van der Waals surface area contributed by atoms with Crippen LogP contribution in [0, 0.1) is 11.6 Å². The topological polar surface area (TPSA) is 23.6 Å². The van der Waals surface area contributed by atoms with Crippen LogP contribution >= 0.6 is 0 Å². The van der Waals surface area contributed by atoms with Crippen molar-refractivity contribution in [3.05, 3.63) is 35.4 Å². The van der Waals surface area contributed by atoms with Gasteiger partial charge < -0.3 is 4.90 Å². The van der Waals surface area contributed by atoms with E-state index in [1.54, 1.807) is 0 Å². The first-order valence-corrected chi connectivity index (χ1v) is 6.33. The third-order valence-electron chi connectivity index (χ3n) is 3.60. The number of hydrogen-bond donors (Lipinski definition) is 0. The van der Waals surface area contributed by atoms with Gasteiger partial charge in [-0.3, -0.25) is 9.69 Å². The lowest BCUT2D eigenvalue weighted by Crippen LogP contribution is -2.53. The Labute approximate surface area is 111 Å². The van der Waals surface area contributed by atoms with Crippen LogP contribution in [0.15, 0.2) is 18.2 Å². The number of hydrogen-bond acceptors (Lipinski definition) is 3. The maximum atomic E-state index is 13.5. The fourth-order valence-corrected chi connectivity index (χ4v) is 2.33. The molecule has 2 rings (SSSR count). The number of Topliss-reactive ketones (excluding diaryl/α,β-unsaturated/α-hetero) is 1. The van der Waals surface area contributed by atoms with Gasteiger partial charge in [0.2, 0.25) is 0 Å². The molecule has 0 aliphatic carbocycles. The van der Waals surface area contributed by atoms with Crippen LogP contribution in [0.5, 0.6) is 0 Å². The average molecular weight is 268 g/mol. The number of rotatable bonds is 3. The van der Waals surface area contributed by atoms with Crippen molar-refractivity contribution in [3.63, 3.8) is 0 Å². The molecular weight excluding hydrogens is 250 g/mol.